The fraction of sp³-hybridized carbons (Fsp3) is 0.545. The average molecular weight is 852 g/mol. The molecule has 2 aromatic rings. The van der Waals surface area contributed by atoms with Gasteiger partial charge >= 0.3 is 6.03 Å². The SMILES string of the molecule is CC(CC(C)C(=O)N1Cc2ccccc2/C=C\c2ccccc21)NC(=O)CCOCCOCCOCCOCCC(=O)N[C@H](C(=O)N[C@@H](CCCNC(N)=O)C(N)=O)C(C)C. The van der Waals surface area contributed by atoms with Crippen LogP contribution in [0.1, 0.15) is 76.5 Å². The van der Waals surface area contributed by atoms with Crippen LogP contribution < -0.4 is 37.6 Å². The van der Waals surface area contributed by atoms with Crippen molar-refractivity contribution in [3.05, 3.63) is 65.2 Å². The molecular formula is C44H65N7O10. The third-order valence-electron chi connectivity index (χ3n) is 9.81. The zero-order valence-corrected chi connectivity index (χ0v) is 36.0. The maximum atomic E-state index is 13.8. The van der Waals surface area contributed by atoms with Crippen LogP contribution in [0.5, 0.6) is 0 Å². The van der Waals surface area contributed by atoms with Crippen molar-refractivity contribution in [1.82, 2.24) is 21.3 Å². The summed E-state index contributed by atoms with van der Waals surface area (Å²) in [7, 11) is 0. The van der Waals surface area contributed by atoms with E-state index in [1.54, 1.807) is 13.8 Å². The molecule has 0 fully saturated rings. The Morgan fingerprint density at radius 3 is 1.82 bits per heavy atom. The van der Waals surface area contributed by atoms with Crippen LogP contribution in [-0.4, -0.2) is 113 Å². The number of fused-ring (bicyclic) bond motifs is 2. The van der Waals surface area contributed by atoms with Crippen LogP contribution >= 0.6 is 0 Å². The van der Waals surface area contributed by atoms with Crippen LogP contribution in [0.25, 0.3) is 12.2 Å². The minimum Gasteiger partial charge on any atom is -0.379 e. The highest BCUT2D eigenvalue weighted by Crippen LogP contribution is 2.30. The number of nitrogens with two attached hydrogens (primary N) is 2. The summed E-state index contributed by atoms with van der Waals surface area (Å²) in [5, 5.41) is 10.6. The van der Waals surface area contributed by atoms with Gasteiger partial charge < -0.3 is 56.6 Å². The third kappa shape index (κ3) is 18.8. The number of nitrogens with zero attached hydrogens (tertiary/aromatic N) is 1. The summed E-state index contributed by atoms with van der Waals surface area (Å²) >= 11 is 0. The van der Waals surface area contributed by atoms with Crippen LogP contribution in [0.4, 0.5) is 10.5 Å². The van der Waals surface area contributed by atoms with Gasteiger partial charge in [-0.2, -0.15) is 0 Å². The number of amides is 7. The van der Waals surface area contributed by atoms with E-state index in [-0.39, 0.29) is 75.3 Å². The van der Waals surface area contributed by atoms with E-state index in [1.807, 2.05) is 67.3 Å². The van der Waals surface area contributed by atoms with Crippen LogP contribution in [0.3, 0.4) is 0 Å². The van der Waals surface area contributed by atoms with Gasteiger partial charge in [0.2, 0.25) is 29.5 Å². The number of rotatable bonds is 28. The Morgan fingerprint density at radius 1 is 0.689 bits per heavy atom. The standard InChI is InChI=1S/C44H65N7O10/c1-30(2)40(42(55)49-36(41(45)54)13-9-19-47-44(46)57)50-39(53)18-21-59-23-25-61-27-26-60-24-22-58-20-17-38(52)48-32(4)28-31(3)43(56)51-29-35-12-6-5-10-33(35)15-16-34-11-7-8-14-37(34)51/h5-8,10-12,14-16,30-32,36,40H,9,13,17-29H2,1-4H3,(H2,45,54)(H,48,52)(H,49,55)(H,50,53)(H3,46,47,57)/b16-15-/t31?,32?,36-,40-/m0/s1. The molecule has 2 unspecified atom stereocenters. The van der Waals surface area contributed by atoms with Gasteiger partial charge in [0.1, 0.15) is 12.1 Å². The zero-order valence-electron chi connectivity index (χ0n) is 36.0. The van der Waals surface area contributed by atoms with Crippen LogP contribution in [-0.2, 0) is 49.5 Å². The number of benzene rings is 2. The van der Waals surface area contributed by atoms with Crippen LogP contribution in [0.2, 0.25) is 0 Å². The smallest absolute Gasteiger partial charge is 0.312 e. The van der Waals surface area contributed by atoms with Gasteiger partial charge in [0.05, 0.1) is 65.1 Å². The third-order valence-corrected chi connectivity index (χ3v) is 9.81. The Bertz CT molecular complexity index is 1760. The van der Waals surface area contributed by atoms with Gasteiger partial charge in [-0.05, 0) is 54.9 Å². The van der Waals surface area contributed by atoms with E-state index in [9.17, 15) is 28.8 Å². The molecule has 336 valence electrons. The lowest BCUT2D eigenvalue weighted by molar-refractivity contribution is -0.132. The largest absolute Gasteiger partial charge is 0.379 e. The van der Waals surface area contributed by atoms with E-state index in [1.165, 1.54) is 0 Å². The number of para-hydroxylation sites is 1. The molecule has 0 radical (unpaired) electrons. The zero-order chi connectivity index (χ0) is 44.6. The predicted molar refractivity (Wildman–Crippen MR) is 232 cm³/mol. The molecule has 0 saturated heterocycles. The van der Waals surface area contributed by atoms with Gasteiger partial charge in [0, 0.05) is 31.3 Å². The number of primary amides is 2. The average Bonchev–Trinajstić information content (AvgIpc) is 3.21. The molecule has 1 aliphatic rings. The molecule has 1 heterocycles. The molecule has 0 bridgehead atoms. The molecule has 4 atom stereocenters. The van der Waals surface area contributed by atoms with E-state index in [2.05, 4.69) is 33.4 Å². The van der Waals surface area contributed by atoms with Gasteiger partial charge in [-0.25, -0.2) is 4.79 Å². The summed E-state index contributed by atoms with van der Waals surface area (Å²) in [4.78, 5) is 76.3. The van der Waals surface area contributed by atoms with Gasteiger partial charge in [-0.3, -0.25) is 24.0 Å². The molecule has 2 aromatic carbocycles. The second-order valence-electron chi connectivity index (χ2n) is 15.3. The fourth-order valence-electron chi connectivity index (χ4n) is 6.59. The highest BCUT2D eigenvalue weighted by Gasteiger charge is 2.29. The second-order valence-corrected chi connectivity index (χ2v) is 15.3. The molecular weight excluding hydrogens is 787 g/mol. The molecule has 8 N–H and O–H groups in total. The highest BCUT2D eigenvalue weighted by atomic mass is 16.6. The molecule has 0 aromatic heterocycles. The molecule has 7 amide bonds. The van der Waals surface area contributed by atoms with E-state index < -0.39 is 35.8 Å². The summed E-state index contributed by atoms with van der Waals surface area (Å²) in [5.41, 5.74) is 14.5. The first-order chi connectivity index (χ1) is 29.3. The number of carbonyl (C=O) groups excluding carboxylic acids is 6. The van der Waals surface area contributed by atoms with Crippen molar-refractivity contribution >= 4 is 53.4 Å². The minimum atomic E-state index is -0.971. The Balaban J connectivity index is 1.20. The predicted octanol–water partition coefficient (Wildman–Crippen LogP) is 2.64. The molecule has 17 heteroatoms. The molecule has 3 rings (SSSR count). The lowest BCUT2D eigenvalue weighted by atomic mass is 9.97. The van der Waals surface area contributed by atoms with Crippen molar-refractivity contribution in [2.45, 2.75) is 84.5 Å². The maximum Gasteiger partial charge on any atom is 0.312 e. The monoisotopic (exact) mass is 851 g/mol. The molecule has 1 aliphatic heterocycles. The Labute approximate surface area is 359 Å². The Kier molecular flexibility index (Phi) is 22.5. The Morgan fingerprint density at radius 2 is 1.23 bits per heavy atom. The highest BCUT2D eigenvalue weighted by molar-refractivity contribution is 5.98. The minimum absolute atomic E-state index is 0.00495. The summed E-state index contributed by atoms with van der Waals surface area (Å²) in [5.74, 6) is -2.40. The summed E-state index contributed by atoms with van der Waals surface area (Å²) in [6.45, 7) is 10.2. The summed E-state index contributed by atoms with van der Waals surface area (Å²) in [6.07, 6.45) is 5.38. The number of urea groups is 1. The van der Waals surface area contributed by atoms with Crippen molar-refractivity contribution in [2.75, 3.05) is 64.3 Å². The van der Waals surface area contributed by atoms with Gasteiger partial charge in [-0.1, -0.05) is 75.4 Å². The fourth-order valence-corrected chi connectivity index (χ4v) is 6.59. The molecule has 0 saturated carbocycles. The first-order valence-corrected chi connectivity index (χ1v) is 21.0. The van der Waals surface area contributed by atoms with Crippen molar-refractivity contribution in [2.24, 2.45) is 23.3 Å². The molecule has 0 spiro atoms. The number of ether oxygens (including phenoxy) is 4. The number of anilines is 1. The van der Waals surface area contributed by atoms with Crippen molar-refractivity contribution in [1.29, 1.82) is 0 Å². The van der Waals surface area contributed by atoms with E-state index in [4.69, 9.17) is 30.4 Å². The van der Waals surface area contributed by atoms with E-state index in [0.29, 0.717) is 52.4 Å². The Hall–Kier alpha value is -5.36. The van der Waals surface area contributed by atoms with E-state index >= 15 is 0 Å². The molecule has 0 aliphatic carbocycles. The summed E-state index contributed by atoms with van der Waals surface area (Å²) in [6, 6.07) is 13.2. The number of nitrogens with one attached hydrogen (secondary N) is 4. The second kappa shape index (κ2) is 27.5. The van der Waals surface area contributed by atoms with Crippen molar-refractivity contribution < 1.29 is 47.7 Å². The lowest BCUT2D eigenvalue weighted by Gasteiger charge is -2.30. The first kappa shape index (κ1) is 50.0. The van der Waals surface area contributed by atoms with Gasteiger partial charge in [0.25, 0.3) is 0 Å². The van der Waals surface area contributed by atoms with E-state index in [0.717, 1.165) is 22.4 Å². The number of hydrogen-bond donors (Lipinski definition) is 6. The van der Waals surface area contributed by atoms with Crippen LogP contribution in [0.15, 0.2) is 48.5 Å². The van der Waals surface area contributed by atoms with Gasteiger partial charge in [-0.15, -0.1) is 0 Å². The normalized spacial score (nSPS) is 14.5. The number of hydrogen-bond acceptors (Lipinski definition) is 10. The van der Waals surface area contributed by atoms with Crippen molar-refractivity contribution in [3.63, 3.8) is 0 Å². The van der Waals surface area contributed by atoms with Crippen LogP contribution in [0, 0.1) is 11.8 Å². The molecule has 17 nitrogen and oxygen atoms in total. The number of carbonyl (C=O) groups is 6. The lowest BCUT2D eigenvalue weighted by Crippen LogP contribution is -2.54. The quantitative estimate of drug-likeness (QED) is 0.0684. The van der Waals surface area contributed by atoms with Gasteiger partial charge in [0.15, 0.2) is 0 Å². The maximum absolute atomic E-state index is 13.8. The topological polar surface area (TPSA) is 243 Å². The van der Waals surface area contributed by atoms with Crippen molar-refractivity contribution in [3.8, 4) is 0 Å². The molecule has 61 heavy (non-hydrogen) atoms. The first-order valence-electron chi connectivity index (χ1n) is 21.0. The summed E-state index contributed by atoms with van der Waals surface area (Å²) < 4.78 is 22.1.